The quantitative estimate of drug-likeness (QED) is 0.901. The van der Waals surface area contributed by atoms with Crippen LogP contribution in [0.2, 0.25) is 5.02 Å². The average Bonchev–Trinajstić information content (AvgIpc) is 2.48. The zero-order valence-corrected chi connectivity index (χ0v) is 12.7. The third-order valence-electron chi connectivity index (χ3n) is 4.10. The van der Waals surface area contributed by atoms with Crippen LogP contribution in [0.25, 0.3) is 0 Å². The molecule has 1 saturated heterocycles. The predicted molar refractivity (Wildman–Crippen MR) is 80.3 cm³/mol. The van der Waals surface area contributed by atoms with Crippen molar-refractivity contribution in [3.63, 3.8) is 0 Å². The van der Waals surface area contributed by atoms with E-state index in [1.807, 2.05) is 11.9 Å². The predicted octanol–water partition coefficient (Wildman–Crippen LogP) is 2.51. The summed E-state index contributed by atoms with van der Waals surface area (Å²) in [6.45, 7) is 3.59. The second-order valence-corrected chi connectivity index (χ2v) is 5.67. The lowest BCUT2D eigenvalue weighted by Gasteiger charge is -2.38. The molecular formula is C15H21ClN2O2. The van der Waals surface area contributed by atoms with Gasteiger partial charge in [0, 0.05) is 19.1 Å². The van der Waals surface area contributed by atoms with Gasteiger partial charge in [0.05, 0.1) is 10.6 Å². The number of phenolic OH excluding ortho intramolecular Hbond substituents is 1. The van der Waals surface area contributed by atoms with Crippen molar-refractivity contribution in [2.75, 3.05) is 20.1 Å². The summed E-state index contributed by atoms with van der Waals surface area (Å²) >= 11 is 6.07. The molecule has 4 nitrogen and oxygen atoms in total. The first-order chi connectivity index (χ1) is 9.56. The Balaban J connectivity index is 2.15. The molecule has 0 bridgehead atoms. The summed E-state index contributed by atoms with van der Waals surface area (Å²) < 4.78 is 0. The van der Waals surface area contributed by atoms with Crippen LogP contribution < -0.4 is 5.32 Å². The van der Waals surface area contributed by atoms with Crippen molar-refractivity contribution in [3.05, 3.63) is 28.8 Å². The van der Waals surface area contributed by atoms with Gasteiger partial charge in [-0.15, -0.1) is 0 Å². The smallest absolute Gasteiger partial charge is 0.255 e. The number of amides is 1. The zero-order chi connectivity index (χ0) is 14.7. The minimum Gasteiger partial charge on any atom is -0.508 e. The van der Waals surface area contributed by atoms with Gasteiger partial charge in [-0.25, -0.2) is 0 Å². The van der Waals surface area contributed by atoms with Gasteiger partial charge >= 0.3 is 0 Å². The van der Waals surface area contributed by atoms with Crippen LogP contribution in [-0.4, -0.2) is 42.1 Å². The molecular weight excluding hydrogens is 276 g/mol. The van der Waals surface area contributed by atoms with E-state index in [9.17, 15) is 9.90 Å². The zero-order valence-electron chi connectivity index (χ0n) is 11.9. The van der Waals surface area contributed by atoms with Crippen LogP contribution in [0.1, 0.15) is 30.1 Å². The van der Waals surface area contributed by atoms with E-state index in [2.05, 4.69) is 12.2 Å². The summed E-state index contributed by atoms with van der Waals surface area (Å²) in [6, 6.07) is 4.95. The number of aromatic hydroxyl groups is 1. The van der Waals surface area contributed by atoms with Gasteiger partial charge in [-0.1, -0.05) is 24.9 Å². The minimum atomic E-state index is -0.0982. The Morgan fingerprint density at radius 1 is 1.55 bits per heavy atom. The molecule has 5 heteroatoms. The molecule has 0 radical (unpaired) electrons. The van der Waals surface area contributed by atoms with E-state index in [0.717, 1.165) is 19.4 Å². The van der Waals surface area contributed by atoms with Crippen LogP contribution in [0.15, 0.2) is 18.2 Å². The summed E-state index contributed by atoms with van der Waals surface area (Å²) in [7, 11) is 1.97. The topological polar surface area (TPSA) is 52.6 Å². The number of hydrogen-bond donors (Lipinski definition) is 2. The summed E-state index contributed by atoms with van der Waals surface area (Å²) in [5, 5.41) is 13.2. The van der Waals surface area contributed by atoms with E-state index in [0.29, 0.717) is 29.1 Å². The summed E-state index contributed by atoms with van der Waals surface area (Å²) in [6.07, 6.45) is 1.97. The fraction of sp³-hybridized carbons (Fsp3) is 0.533. The molecule has 2 N–H and O–H groups in total. The lowest BCUT2D eigenvalue weighted by molar-refractivity contribution is 0.0631. The molecule has 1 aliphatic rings. The second kappa shape index (κ2) is 6.46. The molecule has 1 fully saturated rings. The third-order valence-corrected chi connectivity index (χ3v) is 4.43. The monoisotopic (exact) mass is 296 g/mol. The van der Waals surface area contributed by atoms with Crippen molar-refractivity contribution in [3.8, 4) is 5.75 Å². The lowest BCUT2D eigenvalue weighted by Crippen LogP contribution is -2.50. The number of nitrogens with zero attached hydrogens (tertiary/aromatic N) is 1. The number of carbonyl (C=O) groups excluding carboxylic acids is 1. The van der Waals surface area contributed by atoms with Crippen LogP contribution >= 0.6 is 11.6 Å². The molecule has 1 amide bonds. The second-order valence-electron chi connectivity index (χ2n) is 5.27. The van der Waals surface area contributed by atoms with Gasteiger partial charge in [-0.3, -0.25) is 4.79 Å². The molecule has 2 rings (SSSR count). The molecule has 0 aromatic heterocycles. The van der Waals surface area contributed by atoms with Crippen molar-refractivity contribution in [1.82, 2.24) is 10.2 Å². The minimum absolute atomic E-state index is 0.0647. The van der Waals surface area contributed by atoms with Gasteiger partial charge in [-0.2, -0.15) is 0 Å². The number of phenols is 1. The number of halogens is 1. The Morgan fingerprint density at radius 2 is 2.30 bits per heavy atom. The standard InChI is InChI=1S/C15H21ClN2O2/c1-3-10-9-18(7-6-14(10)17-2)15(20)12-8-11(19)4-5-13(12)16/h4-5,8,10,14,17,19H,3,6-7,9H2,1-2H3. The van der Waals surface area contributed by atoms with Gasteiger partial charge in [0.25, 0.3) is 5.91 Å². The number of hydrogen-bond acceptors (Lipinski definition) is 3. The van der Waals surface area contributed by atoms with Crippen molar-refractivity contribution in [2.45, 2.75) is 25.8 Å². The number of rotatable bonds is 3. The highest BCUT2D eigenvalue weighted by Gasteiger charge is 2.30. The van der Waals surface area contributed by atoms with E-state index in [4.69, 9.17) is 11.6 Å². The van der Waals surface area contributed by atoms with E-state index >= 15 is 0 Å². The van der Waals surface area contributed by atoms with Crippen molar-refractivity contribution in [2.24, 2.45) is 5.92 Å². The molecule has 0 saturated carbocycles. The summed E-state index contributed by atoms with van der Waals surface area (Å²) in [5.74, 6) is 0.419. The molecule has 20 heavy (non-hydrogen) atoms. The third kappa shape index (κ3) is 3.07. The number of nitrogens with one attached hydrogen (secondary N) is 1. The molecule has 0 spiro atoms. The number of piperidine rings is 1. The molecule has 1 aromatic rings. The van der Waals surface area contributed by atoms with Crippen molar-refractivity contribution < 1.29 is 9.90 Å². The average molecular weight is 297 g/mol. The lowest BCUT2D eigenvalue weighted by atomic mass is 9.89. The van der Waals surface area contributed by atoms with E-state index in [-0.39, 0.29) is 11.7 Å². The van der Waals surface area contributed by atoms with E-state index < -0.39 is 0 Å². The van der Waals surface area contributed by atoms with E-state index in [1.165, 1.54) is 12.1 Å². The first-order valence-corrected chi connectivity index (χ1v) is 7.39. The molecule has 1 heterocycles. The highest BCUT2D eigenvalue weighted by Crippen LogP contribution is 2.26. The molecule has 0 aliphatic carbocycles. The highest BCUT2D eigenvalue weighted by molar-refractivity contribution is 6.33. The fourth-order valence-corrected chi connectivity index (χ4v) is 3.06. The van der Waals surface area contributed by atoms with Crippen LogP contribution in [0, 0.1) is 5.92 Å². The Hall–Kier alpha value is -1.26. The largest absolute Gasteiger partial charge is 0.508 e. The van der Waals surface area contributed by atoms with Gasteiger partial charge < -0.3 is 15.3 Å². The Morgan fingerprint density at radius 3 is 2.95 bits per heavy atom. The molecule has 2 unspecified atom stereocenters. The number of likely N-dealkylation sites (tertiary alicyclic amines) is 1. The van der Waals surface area contributed by atoms with Gasteiger partial charge in [0.1, 0.15) is 5.75 Å². The number of carbonyl (C=O) groups is 1. The van der Waals surface area contributed by atoms with Gasteiger partial charge in [0.2, 0.25) is 0 Å². The maximum atomic E-state index is 12.5. The normalized spacial score (nSPS) is 22.9. The Labute approximate surface area is 124 Å². The molecule has 110 valence electrons. The van der Waals surface area contributed by atoms with Crippen LogP contribution in [0.3, 0.4) is 0 Å². The Bertz CT molecular complexity index is 493. The van der Waals surface area contributed by atoms with Crippen LogP contribution in [0.4, 0.5) is 0 Å². The maximum absolute atomic E-state index is 12.5. The number of benzene rings is 1. The van der Waals surface area contributed by atoms with E-state index in [1.54, 1.807) is 6.07 Å². The molecule has 1 aliphatic heterocycles. The van der Waals surface area contributed by atoms with Crippen molar-refractivity contribution >= 4 is 17.5 Å². The van der Waals surface area contributed by atoms with Gasteiger partial charge in [0.15, 0.2) is 0 Å². The molecule has 2 atom stereocenters. The van der Waals surface area contributed by atoms with Crippen LogP contribution in [-0.2, 0) is 0 Å². The van der Waals surface area contributed by atoms with Crippen molar-refractivity contribution in [1.29, 1.82) is 0 Å². The SMILES string of the molecule is CCC1CN(C(=O)c2cc(O)ccc2Cl)CCC1NC. The Kier molecular flexibility index (Phi) is 4.89. The van der Waals surface area contributed by atoms with Crippen LogP contribution in [0.5, 0.6) is 5.75 Å². The highest BCUT2D eigenvalue weighted by atomic mass is 35.5. The summed E-state index contributed by atoms with van der Waals surface area (Å²) in [5.41, 5.74) is 0.379. The summed E-state index contributed by atoms with van der Waals surface area (Å²) in [4.78, 5) is 14.4. The maximum Gasteiger partial charge on any atom is 0.255 e. The fourth-order valence-electron chi connectivity index (χ4n) is 2.86. The molecule has 1 aromatic carbocycles. The van der Waals surface area contributed by atoms with Gasteiger partial charge in [-0.05, 0) is 37.6 Å². The first kappa shape index (κ1) is 15.1. The first-order valence-electron chi connectivity index (χ1n) is 7.01.